The first kappa shape index (κ1) is 9.52. The standard InChI is InChI=1S/C12H8FNO/c13-12-7-10(6-11(8-15)14-12)9-4-2-1-3-5-9/h1-8H. The van der Waals surface area contributed by atoms with Crippen LogP contribution in [0.15, 0.2) is 42.5 Å². The maximum atomic E-state index is 13.0. The number of hydrogen-bond donors (Lipinski definition) is 0. The summed E-state index contributed by atoms with van der Waals surface area (Å²) in [4.78, 5) is 14.0. The lowest BCUT2D eigenvalue weighted by Gasteiger charge is -2.01. The van der Waals surface area contributed by atoms with Crippen molar-refractivity contribution >= 4 is 6.29 Å². The molecule has 0 amide bonds. The first-order valence-electron chi connectivity index (χ1n) is 4.48. The average Bonchev–Trinajstić information content (AvgIpc) is 2.29. The van der Waals surface area contributed by atoms with Crippen LogP contribution in [0.2, 0.25) is 0 Å². The van der Waals surface area contributed by atoms with Gasteiger partial charge in [-0.15, -0.1) is 0 Å². The second-order valence-corrected chi connectivity index (χ2v) is 3.09. The SMILES string of the molecule is O=Cc1cc(-c2ccccc2)cc(F)n1. The molecule has 0 spiro atoms. The Morgan fingerprint density at radius 3 is 2.47 bits per heavy atom. The van der Waals surface area contributed by atoms with Crippen molar-refractivity contribution in [3.8, 4) is 11.1 Å². The number of halogens is 1. The van der Waals surface area contributed by atoms with Gasteiger partial charge in [0.15, 0.2) is 6.29 Å². The van der Waals surface area contributed by atoms with Crippen LogP contribution in [0.5, 0.6) is 0 Å². The Hall–Kier alpha value is -2.03. The number of nitrogens with zero attached hydrogens (tertiary/aromatic N) is 1. The molecule has 2 rings (SSSR count). The molecule has 1 heterocycles. The summed E-state index contributed by atoms with van der Waals surface area (Å²) in [5.41, 5.74) is 1.63. The Kier molecular flexibility index (Phi) is 2.54. The Morgan fingerprint density at radius 1 is 1.07 bits per heavy atom. The third-order valence-electron chi connectivity index (χ3n) is 2.04. The number of aromatic nitrogens is 1. The number of carbonyl (C=O) groups excluding carboxylic acids is 1. The topological polar surface area (TPSA) is 30.0 Å². The number of hydrogen-bond acceptors (Lipinski definition) is 2. The van der Waals surface area contributed by atoms with Gasteiger partial charge in [0.2, 0.25) is 5.95 Å². The van der Waals surface area contributed by atoms with E-state index >= 15 is 0 Å². The van der Waals surface area contributed by atoms with Crippen molar-refractivity contribution < 1.29 is 9.18 Å². The van der Waals surface area contributed by atoms with Crippen LogP contribution in [-0.2, 0) is 0 Å². The van der Waals surface area contributed by atoms with Crippen LogP contribution in [0.25, 0.3) is 11.1 Å². The van der Waals surface area contributed by atoms with Crippen molar-refractivity contribution in [1.29, 1.82) is 0 Å². The molecule has 1 aromatic heterocycles. The summed E-state index contributed by atoms with van der Waals surface area (Å²) < 4.78 is 13.0. The van der Waals surface area contributed by atoms with Gasteiger partial charge >= 0.3 is 0 Å². The van der Waals surface area contributed by atoms with Gasteiger partial charge in [-0.1, -0.05) is 30.3 Å². The third kappa shape index (κ3) is 2.07. The summed E-state index contributed by atoms with van der Waals surface area (Å²) in [6.45, 7) is 0. The Balaban J connectivity index is 2.53. The Bertz CT molecular complexity index is 482. The molecule has 0 bridgehead atoms. The van der Waals surface area contributed by atoms with Crippen LogP contribution >= 0.6 is 0 Å². The van der Waals surface area contributed by atoms with E-state index < -0.39 is 5.95 Å². The second-order valence-electron chi connectivity index (χ2n) is 3.09. The molecule has 0 fully saturated rings. The highest BCUT2D eigenvalue weighted by atomic mass is 19.1. The fraction of sp³-hybridized carbons (Fsp3) is 0. The molecule has 0 radical (unpaired) electrons. The summed E-state index contributed by atoms with van der Waals surface area (Å²) in [5.74, 6) is -0.640. The predicted molar refractivity (Wildman–Crippen MR) is 55.0 cm³/mol. The molecular weight excluding hydrogens is 193 g/mol. The average molecular weight is 201 g/mol. The molecule has 15 heavy (non-hydrogen) atoms. The van der Waals surface area contributed by atoms with Crippen LogP contribution in [0.4, 0.5) is 4.39 Å². The molecule has 3 heteroatoms. The minimum atomic E-state index is -0.640. The van der Waals surface area contributed by atoms with Gasteiger partial charge in [-0.25, -0.2) is 4.98 Å². The maximum Gasteiger partial charge on any atom is 0.214 e. The van der Waals surface area contributed by atoms with Crippen molar-refractivity contribution in [3.05, 3.63) is 54.1 Å². The molecule has 0 N–H and O–H groups in total. The number of aldehydes is 1. The molecule has 0 atom stereocenters. The zero-order valence-electron chi connectivity index (χ0n) is 7.85. The molecule has 0 saturated carbocycles. The molecule has 0 unspecified atom stereocenters. The lowest BCUT2D eigenvalue weighted by atomic mass is 10.1. The van der Waals surface area contributed by atoms with Gasteiger partial charge in [-0.3, -0.25) is 4.79 Å². The zero-order valence-corrected chi connectivity index (χ0v) is 7.85. The van der Waals surface area contributed by atoms with Crippen LogP contribution in [0.3, 0.4) is 0 Å². The number of benzene rings is 1. The Morgan fingerprint density at radius 2 is 1.80 bits per heavy atom. The molecule has 2 nitrogen and oxygen atoms in total. The zero-order chi connectivity index (χ0) is 10.7. The fourth-order valence-electron chi connectivity index (χ4n) is 1.37. The van der Waals surface area contributed by atoms with Gasteiger partial charge in [0.05, 0.1) is 0 Å². The van der Waals surface area contributed by atoms with Crippen molar-refractivity contribution in [2.75, 3.05) is 0 Å². The van der Waals surface area contributed by atoms with Gasteiger partial charge in [0.1, 0.15) is 5.69 Å². The first-order chi connectivity index (χ1) is 7.29. The Labute approximate surface area is 86.4 Å². The van der Waals surface area contributed by atoms with Crippen LogP contribution < -0.4 is 0 Å². The van der Waals surface area contributed by atoms with Crippen molar-refractivity contribution in [1.82, 2.24) is 4.98 Å². The van der Waals surface area contributed by atoms with E-state index in [1.54, 1.807) is 6.07 Å². The summed E-state index contributed by atoms with van der Waals surface area (Å²) in [5, 5.41) is 0. The van der Waals surface area contributed by atoms with E-state index in [0.29, 0.717) is 11.8 Å². The minimum Gasteiger partial charge on any atom is -0.296 e. The molecule has 0 saturated heterocycles. The smallest absolute Gasteiger partial charge is 0.214 e. The van der Waals surface area contributed by atoms with Crippen molar-refractivity contribution in [3.63, 3.8) is 0 Å². The lowest BCUT2D eigenvalue weighted by Crippen LogP contribution is -1.92. The quantitative estimate of drug-likeness (QED) is 0.552. The van der Waals surface area contributed by atoms with E-state index in [1.165, 1.54) is 6.07 Å². The highest BCUT2D eigenvalue weighted by Gasteiger charge is 2.03. The van der Waals surface area contributed by atoms with E-state index in [1.807, 2.05) is 30.3 Å². The minimum absolute atomic E-state index is 0.105. The summed E-state index contributed by atoms with van der Waals surface area (Å²) in [6.07, 6.45) is 0.537. The van der Waals surface area contributed by atoms with Crippen LogP contribution in [0.1, 0.15) is 10.5 Å². The predicted octanol–water partition coefficient (Wildman–Crippen LogP) is 2.70. The van der Waals surface area contributed by atoms with Gasteiger partial charge in [0, 0.05) is 6.07 Å². The molecule has 0 aliphatic rings. The van der Waals surface area contributed by atoms with E-state index in [9.17, 15) is 9.18 Å². The highest BCUT2D eigenvalue weighted by molar-refractivity contribution is 5.76. The van der Waals surface area contributed by atoms with Crippen molar-refractivity contribution in [2.24, 2.45) is 0 Å². The van der Waals surface area contributed by atoms with E-state index in [2.05, 4.69) is 4.98 Å². The first-order valence-corrected chi connectivity index (χ1v) is 4.48. The molecule has 0 aliphatic carbocycles. The normalized spacial score (nSPS) is 9.93. The third-order valence-corrected chi connectivity index (χ3v) is 2.04. The van der Waals surface area contributed by atoms with Gasteiger partial charge < -0.3 is 0 Å². The summed E-state index contributed by atoms with van der Waals surface area (Å²) in [7, 11) is 0. The van der Waals surface area contributed by atoms with Crippen LogP contribution in [0, 0.1) is 5.95 Å². The number of pyridine rings is 1. The summed E-state index contributed by atoms with van der Waals surface area (Å²) in [6, 6.07) is 12.2. The molecule has 74 valence electrons. The number of rotatable bonds is 2. The second kappa shape index (κ2) is 4.00. The monoisotopic (exact) mass is 201 g/mol. The fourth-order valence-corrected chi connectivity index (χ4v) is 1.37. The molecule has 1 aromatic carbocycles. The van der Waals surface area contributed by atoms with Crippen molar-refractivity contribution in [2.45, 2.75) is 0 Å². The maximum absolute atomic E-state index is 13.0. The summed E-state index contributed by atoms with van der Waals surface area (Å²) >= 11 is 0. The molecular formula is C12H8FNO. The molecule has 2 aromatic rings. The largest absolute Gasteiger partial charge is 0.296 e. The van der Waals surface area contributed by atoms with Gasteiger partial charge in [0.25, 0.3) is 0 Å². The molecule has 0 aliphatic heterocycles. The van der Waals surface area contributed by atoms with E-state index in [4.69, 9.17) is 0 Å². The number of carbonyl (C=O) groups is 1. The highest BCUT2D eigenvalue weighted by Crippen LogP contribution is 2.19. The van der Waals surface area contributed by atoms with E-state index in [0.717, 1.165) is 5.56 Å². The van der Waals surface area contributed by atoms with E-state index in [-0.39, 0.29) is 5.69 Å². The lowest BCUT2D eigenvalue weighted by molar-refractivity contribution is 0.111. The van der Waals surface area contributed by atoms with Crippen LogP contribution in [-0.4, -0.2) is 11.3 Å². The van der Waals surface area contributed by atoms with Gasteiger partial charge in [-0.05, 0) is 17.2 Å². The van der Waals surface area contributed by atoms with Gasteiger partial charge in [-0.2, -0.15) is 4.39 Å².